The third-order valence-corrected chi connectivity index (χ3v) is 4.92. The number of sulfonamides is 1. The number of benzene rings is 2. The lowest BCUT2D eigenvalue weighted by Gasteiger charge is -2.10. The van der Waals surface area contributed by atoms with E-state index in [2.05, 4.69) is 10.0 Å². The van der Waals surface area contributed by atoms with Crippen molar-refractivity contribution in [1.82, 2.24) is 4.72 Å². The van der Waals surface area contributed by atoms with Crippen LogP contribution in [0.2, 0.25) is 0 Å². The van der Waals surface area contributed by atoms with E-state index in [1.807, 2.05) is 26.0 Å². The fourth-order valence-corrected chi connectivity index (χ4v) is 3.53. The second kappa shape index (κ2) is 8.13. The average Bonchev–Trinajstić information content (AvgIpc) is 2.56. The molecule has 0 aliphatic heterocycles. The Labute approximate surface area is 148 Å². The Balaban J connectivity index is 1.93. The molecule has 1 amide bonds. The van der Waals surface area contributed by atoms with Crippen LogP contribution >= 0.6 is 0 Å². The molecule has 0 fully saturated rings. The van der Waals surface area contributed by atoms with Gasteiger partial charge in [0.25, 0.3) is 0 Å². The minimum atomic E-state index is -3.61. The minimum Gasteiger partial charge on any atom is -0.497 e. The molecular formula is C18H22N2O4S. The summed E-state index contributed by atoms with van der Waals surface area (Å²) in [5.41, 5.74) is 3.24. The van der Waals surface area contributed by atoms with Gasteiger partial charge in [-0.15, -0.1) is 0 Å². The molecule has 0 aliphatic carbocycles. The number of methoxy groups -OCH3 is 1. The number of carbonyl (C=O) groups is 1. The molecule has 0 aliphatic rings. The van der Waals surface area contributed by atoms with Crippen molar-refractivity contribution in [2.75, 3.05) is 19.0 Å². The molecule has 0 heterocycles. The van der Waals surface area contributed by atoms with E-state index in [4.69, 9.17) is 4.74 Å². The summed E-state index contributed by atoms with van der Waals surface area (Å²) >= 11 is 0. The third-order valence-electron chi connectivity index (χ3n) is 3.65. The number of hydrogen-bond donors (Lipinski definition) is 2. The van der Waals surface area contributed by atoms with Crippen LogP contribution in [0.15, 0.2) is 42.5 Å². The van der Waals surface area contributed by atoms with Crippen LogP contribution in [0.4, 0.5) is 5.69 Å². The second-order valence-corrected chi connectivity index (χ2v) is 7.60. The zero-order valence-corrected chi connectivity index (χ0v) is 15.3. The Bertz CT molecular complexity index is 863. The Morgan fingerprint density at radius 2 is 1.88 bits per heavy atom. The largest absolute Gasteiger partial charge is 0.497 e. The number of amides is 1. The van der Waals surface area contributed by atoms with Gasteiger partial charge in [-0.1, -0.05) is 29.8 Å². The van der Waals surface area contributed by atoms with Crippen LogP contribution < -0.4 is 14.8 Å². The molecule has 2 aromatic rings. The highest BCUT2D eigenvalue weighted by Crippen LogP contribution is 2.16. The van der Waals surface area contributed by atoms with E-state index < -0.39 is 15.9 Å². The molecule has 0 saturated carbocycles. The Kier molecular flexibility index (Phi) is 6.17. The van der Waals surface area contributed by atoms with Crippen LogP contribution in [0.3, 0.4) is 0 Å². The van der Waals surface area contributed by atoms with Crippen molar-refractivity contribution in [2.45, 2.75) is 19.6 Å². The highest BCUT2D eigenvalue weighted by Gasteiger charge is 2.15. The number of carbonyl (C=O) groups excluding carboxylic acids is 1. The Morgan fingerprint density at radius 1 is 1.12 bits per heavy atom. The first-order valence-electron chi connectivity index (χ1n) is 7.76. The van der Waals surface area contributed by atoms with Crippen molar-refractivity contribution in [3.8, 4) is 5.75 Å². The van der Waals surface area contributed by atoms with E-state index in [1.54, 1.807) is 30.3 Å². The van der Waals surface area contributed by atoms with E-state index in [0.29, 0.717) is 17.0 Å². The highest BCUT2D eigenvalue weighted by atomic mass is 32.2. The molecule has 134 valence electrons. The molecule has 2 N–H and O–H groups in total. The lowest BCUT2D eigenvalue weighted by Crippen LogP contribution is -2.33. The summed E-state index contributed by atoms with van der Waals surface area (Å²) in [4.78, 5) is 11.9. The smallest absolute Gasteiger partial charge is 0.239 e. The summed E-state index contributed by atoms with van der Waals surface area (Å²) in [6, 6.07) is 12.4. The zero-order valence-electron chi connectivity index (χ0n) is 14.5. The molecule has 6 nitrogen and oxygen atoms in total. The number of aryl methyl sites for hydroxylation is 2. The fraction of sp³-hybridized carbons (Fsp3) is 0.278. The molecule has 2 rings (SSSR count). The number of nitrogens with one attached hydrogen (secondary N) is 2. The number of hydrogen-bond acceptors (Lipinski definition) is 4. The SMILES string of the molecule is COc1cccc(NC(=O)CNS(=O)(=O)Cc2ccc(C)cc2C)c1. The summed E-state index contributed by atoms with van der Waals surface area (Å²) in [6.07, 6.45) is 0. The molecule has 7 heteroatoms. The summed E-state index contributed by atoms with van der Waals surface area (Å²) in [6.45, 7) is 3.49. The normalized spacial score (nSPS) is 11.2. The summed E-state index contributed by atoms with van der Waals surface area (Å²) < 4.78 is 31.8. The van der Waals surface area contributed by atoms with Gasteiger partial charge in [-0.05, 0) is 37.1 Å². The first-order chi connectivity index (χ1) is 11.8. The zero-order chi connectivity index (χ0) is 18.4. The summed E-state index contributed by atoms with van der Waals surface area (Å²) in [5.74, 6) is -0.00312. The van der Waals surface area contributed by atoms with Crippen LogP contribution in [0.5, 0.6) is 5.75 Å². The van der Waals surface area contributed by atoms with Gasteiger partial charge in [0.1, 0.15) is 5.75 Å². The van der Waals surface area contributed by atoms with Crippen molar-refractivity contribution in [3.63, 3.8) is 0 Å². The average molecular weight is 362 g/mol. The predicted molar refractivity (Wildman–Crippen MR) is 98.2 cm³/mol. The van der Waals surface area contributed by atoms with Crippen molar-refractivity contribution >= 4 is 21.6 Å². The number of anilines is 1. The van der Waals surface area contributed by atoms with Crippen LogP contribution in [0.1, 0.15) is 16.7 Å². The van der Waals surface area contributed by atoms with Gasteiger partial charge in [0.05, 0.1) is 19.4 Å². The maximum Gasteiger partial charge on any atom is 0.239 e. The Morgan fingerprint density at radius 3 is 2.56 bits per heavy atom. The molecule has 0 radical (unpaired) electrons. The molecule has 0 unspecified atom stereocenters. The third kappa shape index (κ3) is 5.88. The van der Waals surface area contributed by atoms with E-state index in [0.717, 1.165) is 11.1 Å². The monoisotopic (exact) mass is 362 g/mol. The van der Waals surface area contributed by atoms with Crippen LogP contribution in [-0.2, 0) is 20.6 Å². The summed E-state index contributed by atoms with van der Waals surface area (Å²) in [7, 11) is -2.08. The van der Waals surface area contributed by atoms with Crippen molar-refractivity contribution in [2.24, 2.45) is 0 Å². The van der Waals surface area contributed by atoms with Gasteiger partial charge in [-0.2, -0.15) is 0 Å². The number of rotatable bonds is 7. The summed E-state index contributed by atoms with van der Waals surface area (Å²) in [5, 5.41) is 2.63. The van der Waals surface area contributed by atoms with Gasteiger partial charge < -0.3 is 10.1 Å². The minimum absolute atomic E-state index is 0.161. The first-order valence-corrected chi connectivity index (χ1v) is 9.41. The molecule has 0 bridgehead atoms. The molecule has 0 spiro atoms. The highest BCUT2D eigenvalue weighted by molar-refractivity contribution is 7.88. The maximum atomic E-state index is 12.2. The van der Waals surface area contributed by atoms with Gasteiger partial charge in [-0.3, -0.25) is 4.79 Å². The van der Waals surface area contributed by atoms with Gasteiger partial charge in [0, 0.05) is 11.8 Å². The van der Waals surface area contributed by atoms with Crippen LogP contribution in [-0.4, -0.2) is 28.0 Å². The lowest BCUT2D eigenvalue weighted by molar-refractivity contribution is -0.115. The molecule has 2 aromatic carbocycles. The van der Waals surface area contributed by atoms with Crippen LogP contribution in [0, 0.1) is 13.8 Å². The van der Waals surface area contributed by atoms with Crippen molar-refractivity contribution in [3.05, 3.63) is 59.2 Å². The molecule has 0 saturated heterocycles. The fourth-order valence-electron chi connectivity index (χ4n) is 2.35. The van der Waals surface area contributed by atoms with E-state index in [1.165, 1.54) is 7.11 Å². The standard InChI is InChI=1S/C18H22N2O4S/c1-13-7-8-15(14(2)9-13)12-25(22,23)19-11-18(21)20-16-5-4-6-17(10-16)24-3/h4-10,19H,11-12H2,1-3H3,(H,20,21). The van der Waals surface area contributed by atoms with Gasteiger partial charge >= 0.3 is 0 Å². The van der Waals surface area contributed by atoms with Crippen molar-refractivity contribution in [1.29, 1.82) is 0 Å². The molecular weight excluding hydrogens is 340 g/mol. The second-order valence-electron chi connectivity index (χ2n) is 5.79. The van der Waals surface area contributed by atoms with Gasteiger partial charge in [0.2, 0.25) is 15.9 Å². The first kappa shape index (κ1) is 19.0. The van der Waals surface area contributed by atoms with E-state index >= 15 is 0 Å². The van der Waals surface area contributed by atoms with Crippen LogP contribution in [0.25, 0.3) is 0 Å². The van der Waals surface area contributed by atoms with Gasteiger partial charge in [-0.25, -0.2) is 13.1 Å². The van der Waals surface area contributed by atoms with E-state index in [9.17, 15) is 13.2 Å². The topological polar surface area (TPSA) is 84.5 Å². The predicted octanol–water partition coefficient (Wildman–Crippen LogP) is 2.37. The lowest BCUT2D eigenvalue weighted by atomic mass is 10.1. The molecule has 0 atom stereocenters. The molecule has 25 heavy (non-hydrogen) atoms. The Hall–Kier alpha value is -2.38. The quantitative estimate of drug-likeness (QED) is 0.792. The molecule has 0 aromatic heterocycles. The van der Waals surface area contributed by atoms with E-state index in [-0.39, 0.29) is 12.3 Å². The van der Waals surface area contributed by atoms with Crippen molar-refractivity contribution < 1.29 is 17.9 Å². The van der Waals surface area contributed by atoms with Gasteiger partial charge in [0.15, 0.2) is 0 Å². The maximum absolute atomic E-state index is 12.2. The number of ether oxygens (including phenoxy) is 1.